The Hall–Kier alpha value is -2.41. The van der Waals surface area contributed by atoms with E-state index in [-0.39, 0.29) is 0 Å². The van der Waals surface area contributed by atoms with Crippen LogP contribution in [0.5, 0.6) is 0 Å². The summed E-state index contributed by atoms with van der Waals surface area (Å²) in [4.78, 5) is 13.2. The third-order valence-electron chi connectivity index (χ3n) is 3.83. The zero-order valence-corrected chi connectivity index (χ0v) is 12.8. The number of aromatic nitrogens is 4. The Bertz CT molecular complexity index is 716. The molecule has 0 saturated carbocycles. The van der Waals surface area contributed by atoms with Gasteiger partial charge < -0.3 is 9.80 Å². The first-order valence-electron chi connectivity index (χ1n) is 7.25. The van der Waals surface area contributed by atoms with E-state index < -0.39 is 0 Å². The molecule has 1 saturated heterocycles. The second-order valence-electron chi connectivity index (χ2n) is 5.17. The number of anilines is 2. The summed E-state index contributed by atoms with van der Waals surface area (Å²) < 4.78 is 0. The molecule has 0 bridgehead atoms. The third kappa shape index (κ3) is 2.55. The van der Waals surface area contributed by atoms with Gasteiger partial charge in [-0.1, -0.05) is 0 Å². The SMILES string of the molecule is c1cncc(-c2cc(N3CCN(c4nccs4)CC3)n[nH]2)c1. The molecule has 0 aliphatic carbocycles. The molecule has 112 valence electrons. The van der Waals surface area contributed by atoms with Crippen molar-refractivity contribution >= 4 is 22.3 Å². The van der Waals surface area contributed by atoms with Gasteiger partial charge in [0.1, 0.15) is 0 Å². The number of nitrogens with zero attached hydrogens (tertiary/aromatic N) is 5. The van der Waals surface area contributed by atoms with Gasteiger partial charge in [-0.25, -0.2) is 4.98 Å². The Morgan fingerprint density at radius 3 is 2.68 bits per heavy atom. The molecule has 0 atom stereocenters. The largest absolute Gasteiger partial charge is 0.352 e. The molecule has 6 nitrogen and oxygen atoms in total. The zero-order chi connectivity index (χ0) is 14.8. The lowest BCUT2D eigenvalue weighted by molar-refractivity contribution is 0.645. The van der Waals surface area contributed by atoms with E-state index in [2.05, 4.69) is 36.0 Å². The van der Waals surface area contributed by atoms with Crippen LogP contribution in [0.4, 0.5) is 10.9 Å². The van der Waals surface area contributed by atoms with Crippen LogP contribution in [0.1, 0.15) is 0 Å². The van der Waals surface area contributed by atoms with Gasteiger partial charge in [-0.15, -0.1) is 11.3 Å². The molecule has 0 aromatic carbocycles. The molecule has 1 aliphatic rings. The highest BCUT2D eigenvalue weighted by Gasteiger charge is 2.20. The molecule has 0 spiro atoms. The minimum atomic E-state index is 0.955. The molecule has 1 N–H and O–H groups in total. The normalized spacial score (nSPS) is 15.3. The van der Waals surface area contributed by atoms with Crippen molar-refractivity contribution < 1.29 is 0 Å². The second-order valence-corrected chi connectivity index (χ2v) is 6.04. The number of aromatic amines is 1. The summed E-state index contributed by atoms with van der Waals surface area (Å²) in [6.45, 7) is 3.86. The number of rotatable bonds is 3. The molecule has 0 radical (unpaired) electrons. The number of piperazine rings is 1. The van der Waals surface area contributed by atoms with E-state index in [1.165, 1.54) is 0 Å². The highest BCUT2D eigenvalue weighted by Crippen LogP contribution is 2.24. The van der Waals surface area contributed by atoms with Crippen molar-refractivity contribution in [1.82, 2.24) is 20.2 Å². The fourth-order valence-corrected chi connectivity index (χ4v) is 3.34. The molecule has 4 rings (SSSR count). The monoisotopic (exact) mass is 312 g/mol. The van der Waals surface area contributed by atoms with Gasteiger partial charge in [-0.05, 0) is 12.1 Å². The highest BCUT2D eigenvalue weighted by molar-refractivity contribution is 7.13. The second kappa shape index (κ2) is 5.76. The van der Waals surface area contributed by atoms with Gasteiger partial charge in [0.2, 0.25) is 0 Å². The maximum Gasteiger partial charge on any atom is 0.185 e. The average Bonchev–Trinajstić information content (AvgIpc) is 3.28. The summed E-state index contributed by atoms with van der Waals surface area (Å²) in [6.07, 6.45) is 5.48. The molecule has 7 heteroatoms. The van der Waals surface area contributed by atoms with Crippen molar-refractivity contribution in [2.45, 2.75) is 0 Å². The van der Waals surface area contributed by atoms with Crippen molar-refractivity contribution in [3.63, 3.8) is 0 Å². The van der Waals surface area contributed by atoms with Crippen LogP contribution in [-0.2, 0) is 0 Å². The molecule has 0 unspecified atom stereocenters. The van der Waals surface area contributed by atoms with Crippen LogP contribution >= 0.6 is 11.3 Å². The smallest absolute Gasteiger partial charge is 0.185 e. The molecule has 1 fully saturated rings. The molecule has 1 aliphatic heterocycles. The lowest BCUT2D eigenvalue weighted by Crippen LogP contribution is -2.46. The maximum atomic E-state index is 4.45. The summed E-state index contributed by atoms with van der Waals surface area (Å²) in [5, 5.41) is 10.7. The molecular formula is C15H16N6S. The van der Waals surface area contributed by atoms with Crippen molar-refractivity contribution in [2.75, 3.05) is 36.0 Å². The fraction of sp³-hybridized carbons (Fsp3) is 0.267. The molecular weight excluding hydrogens is 296 g/mol. The average molecular weight is 312 g/mol. The number of hydrogen-bond donors (Lipinski definition) is 1. The third-order valence-corrected chi connectivity index (χ3v) is 4.66. The molecule has 3 aromatic rings. The summed E-state index contributed by atoms with van der Waals surface area (Å²) >= 11 is 1.70. The Kier molecular flexibility index (Phi) is 3.48. The summed E-state index contributed by atoms with van der Waals surface area (Å²) in [5.41, 5.74) is 2.06. The van der Waals surface area contributed by atoms with Crippen molar-refractivity contribution in [3.05, 3.63) is 42.2 Å². The number of pyridine rings is 1. The zero-order valence-electron chi connectivity index (χ0n) is 12.0. The Morgan fingerprint density at radius 1 is 1.09 bits per heavy atom. The van der Waals surface area contributed by atoms with Crippen LogP contribution < -0.4 is 9.80 Å². The number of hydrogen-bond acceptors (Lipinski definition) is 6. The first-order chi connectivity index (χ1) is 10.9. The van der Waals surface area contributed by atoms with E-state index in [1.807, 2.05) is 29.9 Å². The number of H-pyrrole nitrogens is 1. The number of nitrogens with one attached hydrogen (secondary N) is 1. The predicted octanol–water partition coefficient (Wildman–Crippen LogP) is 2.25. The minimum absolute atomic E-state index is 0.955. The Labute approximate surface area is 132 Å². The van der Waals surface area contributed by atoms with Gasteiger partial charge in [0, 0.05) is 61.8 Å². The topological polar surface area (TPSA) is 60.9 Å². The van der Waals surface area contributed by atoms with E-state index in [0.29, 0.717) is 0 Å². The van der Waals surface area contributed by atoms with Crippen LogP contribution in [0, 0.1) is 0 Å². The molecule has 3 aromatic heterocycles. The van der Waals surface area contributed by atoms with Gasteiger partial charge >= 0.3 is 0 Å². The Balaban J connectivity index is 1.45. The molecule has 4 heterocycles. The van der Waals surface area contributed by atoms with Crippen LogP contribution in [0.2, 0.25) is 0 Å². The van der Waals surface area contributed by atoms with E-state index in [4.69, 9.17) is 0 Å². The number of thiazole rings is 1. The van der Waals surface area contributed by atoms with Gasteiger partial charge in [-0.3, -0.25) is 10.1 Å². The first kappa shape index (κ1) is 13.3. The maximum absolute atomic E-state index is 4.45. The quantitative estimate of drug-likeness (QED) is 0.804. The van der Waals surface area contributed by atoms with E-state index >= 15 is 0 Å². The molecule has 22 heavy (non-hydrogen) atoms. The lowest BCUT2D eigenvalue weighted by atomic mass is 10.2. The van der Waals surface area contributed by atoms with Crippen molar-refractivity contribution in [2.24, 2.45) is 0 Å². The van der Waals surface area contributed by atoms with Gasteiger partial charge in [-0.2, -0.15) is 5.10 Å². The van der Waals surface area contributed by atoms with Crippen molar-refractivity contribution in [1.29, 1.82) is 0 Å². The van der Waals surface area contributed by atoms with Crippen LogP contribution in [0.15, 0.2) is 42.2 Å². The standard InChI is InChI=1S/C15H16N6S/c1-2-12(11-16-3-1)13-10-14(19-18-13)20-5-7-21(8-6-20)15-17-4-9-22-15/h1-4,9-11H,5-8H2,(H,18,19). The Morgan fingerprint density at radius 2 is 1.95 bits per heavy atom. The van der Waals surface area contributed by atoms with Gasteiger partial charge in [0.15, 0.2) is 10.9 Å². The fourth-order valence-electron chi connectivity index (χ4n) is 2.64. The van der Waals surface area contributed by atoms with Gasteiger partial charge in [0.25, 0.3) is 0 Å². The van der Waals surface area contributed by atoms with Crippen LogP contribution in [0.3, 0.4) is 0 Å². The highest BCUT2D eigenvalue weighted by atomic mass is 32.1. The van der Waals surface area contributed by atoms with Gasteiger partial charge in [0.05, 0.1) is 5.69 Å². The predicted molar refractivity (Wildman–Crippen MR) is 88.4 cm³/mol. The summed E-state index contributed by atoms with van der Waals surface area (Å²) in [6, 6.07) is 6.06. The van der Waals surface area contributed by atoms with Crippen LogP contribution in [0.25, 0.3) is 11.3 Å². The van der Waals surface area contributed by atoms with Crippen LogP contribution in [-0.4, -0.2) is 46.3 Å². The molecule has 0 amide bonds. The summed E-state index contributed by atoms with van der Waals surface area (Å²) in [5.74, 6) is 0.998. The summed E-state index contributed by atoms with van der Waals surface area (Å²) in [7, 11) is 0. The van der Waals surface area contributed by atoms with E-state index in [9.17, 15) is 0 Å². The lowest BCUT2D eigenvalue weighted by Gasteiger charge is -2.34. The van der Waals surface area contributed by atoms with E-state index in [1.54, 1.807) is 17.5 Å². The van der Waals surface area contributed by atoms with E-state index in [0.717, 1.165) is 48.4 Å². The van der Waals surface area contributed by atoms with Crippen molar-refractivity contribution in [3.8, 4) is 11.3 Å². The minimum Gasteiger partial charge on any atom is -0.352 e. The first-order valence-corrected chi connectivity index (χ1v) is 8.13.